The van der Waals surface area contributed by atoms with Crippen LogP contribution in [0.2, 0.25) is 0 Å². The Morgan fingerprint density at radius 1 is 1.20 bits per heavy atom. The summed E-state index contributed by atoms with van der Waals surface area (Å²) in [5.74, 6) is 1.64. The normalized spacial score (nSPS) is 15.2. The molecule has 0 spiro atoms. The third-order valence-corrected chi connectivity index (χ3v) is 4.49. The van der Waals surface area contributed by atoms with Gasteiger partial charge in [0.25, 0.3) is 0 Å². The Bertz CT molecular complexity index is 845. The number of rotatable bonds is 5. The maximum atomic E-state index is 5.44. The molecule has 1 aliphatic heterocycles. The van der Waals surface area contributed by atoms with Crippen LogP contribution >= 0.6 is 0 Å². The molecular weight excluding hydrogens is 320 g/mol. The zero-order valence-electron chi connectivity index (χ0n) is 14.5. The molecular formula is C16H22N8O. The monoisotopic (exact) mass is 342 g/mol. The average molecular weight is 342 g/mol. The van der Waals surface area contributed by atoms with Gasteiger partial charge in [-0.2, -0.15) is 5.10 Å². The molecule has 132 valence electrons. The number of anilines is 1. The summed E-state index contributed by atoms with van der Waals surface area (Å²) in [6, 6.07) is 0. The van der Waals surface area contributed by atoms with Crippen molar-refractivity contribution < 1.29 is 4.74 Å². The minimum absolute atomic E-state index is 0.574. The van der Waals surface area contributed by atoms with Gasteiger partial charge in [0, 0.05) is 30.9 Å². The summed E-state index contributed by atoms with van der Waals surface area (Å²) in [7, 11) is 0. The Morgan fingerprint density at radius 2 is 2.04 bits per heavy atom. The topological polar surface area (TPSA) is 108 Å². The van der Waals surface area contributed by atoms with Crippen LogP contribution in [0, 0.1) is 13.8 Å². The van der Waals surface area contributed by atoms with Crippen LogP contribution in [0.25, 0.3) is 11.2 Å². The molecule has 1 saturated heterocycles. The number of aromatic amines is 2. The molecule has 3 N–H and O–H groups in total. The number of nitrogens with zero attached hydrogens (tertiary/aromatic N) is 5. The molecule has 0 atom stereocenters. The van der Waals surface area contributed by atoms with Crippen LogP contribution in [0.3, 0.4) is 0 Å². The van der Waals surface area contributed by atoms with Gasteiger partial charge in [-0.3, -0.25) is 5.10 Å². The number of hydrogen-bond acceptors (Lipinski definition) is 7. The van der Waals surface area contributed by atoms with Gasteiger partial charge in [-0.05, 0) is 13.8 Å². The van der Waals surface area contributed by atoms with Crippen molar-refractivity contribution in [3.05, 3.63) is 29.1 Å². The molecule has 0 aromatic carbocycles. The van der Waals surface area contributed by atoms with Crippen molar-refractivity contribution in [2.24, 2.45) is 0 Å². The first-order valence-electron chi connectivity index (χ1n) is 8.46. The van der Waals surface area contributed by atoms with Gasteiger partial charge in [0.05, 0.1) is 31.8 Å². The summed E-state index contributed by atoms with van der Waals surface area (Å²) < 4.78 is 5.44. The Kier molecular flexibility index (Phi) is 4.33. The second-order valence-corrected chi connectivity index (χ2v) is 6.18. The molecule has 3 aromatic heterocycles. The van der Waals surface area contributed by atoms with Crippen molar-refractivity contribution in [3.8, 4) is 0 Å². The molecule has 9 nitrogen and oxygen atoms in total. The van der Waals surface area contributed by atoms with E-state index in [0.717, 1.165) is 48.2 Å². The minimum Gasteiger partial charge on any atom is -0.378 e. The zero-order valence-corrected chi connectivity index (χ0v) is 14.5. The van der Waals surface area contributed by atoms with Crippen LogP contribution in [0.5, 0.6) is 0 Å². The van der Waals surface area contributed by atoms with Gasteiger partial charge in [-0.1, -0.05) is 0 Å². The van der Waals surface area contributed by atoms with E-state index < -0.39 is 0 Å². The maximum Gasteiger partial charge on any atom is 0.183 e. The van der Waals surface area contributed by atoms with Crippen molar-refractivity contribution in [2.45, 2.75) is 26.9 Å². The summed E-state index contributed by atoms with van der Waals surface area (Å²) in [4.78, 5) is 19.0. The lowest BCUT2D eigenvalue weighted by Crippen LogP contribution is -2.37. The van der Waals surface area contributed by atoms with Gasteiger partial charge in [-0.25, -0.2) is 15.0 Å². The van der Waals surface area contributed by atoms with Crippen LogP contribution in [-0.2, 0) is 17.8 Å². The van der Waals surface area contributed by atoms with Gasteiger partial charge in [0.1, 0.15) is 11.3 Å². The van der Waals surface area contributed by atoms with Crippen molar-refractivity contribution in [3.63, 3.8) is 0 Å². The molecule has 4 heterocycles. The minimum atomic E-state index is 0.574. The smallest absolute Gasteiger partial charge is 0.183 e. The highest BCUT2D eigenvalue weighted by molar-refractivity contribution is 5.83. The van der Waals surface area contributed by atoms with Gasteiger partial charge in [-0.15, -0.1) is 0 Å². The van der Waals surface area contributed by atoms with Crippen LogP contribution in [0.1, 0.15) is 22.8 Å². The lowest BCUT2D eigenvalue weighted by atomic mass is 10.2. The number of fused-ring (bicyclic) bond motifs is 1. The SMILES string of the molecule is Cc1n[nH]c(C)c1CNCc1nc(N2CCOCC2)c2[nH]cnc2n1. The second kappa shape index (κ2) is 6.77. The molecule has 0 saturated carbocycles. The molecule has 25 heavy (non-hydrogen) atoms. The van der Waals surface area contributed by atoms with Crippen molar-refractivity contribution in [1.29, 1.82) is 0 Å². The first-order chi connectivity index (χ1) is 12.2. The molecule has 0 bridgehead atoms. The second-order valence-electron chi connectivity index (χ2n) is 6.18. The summed E-state index contributed by atoms with van der Waals surface area (Å²) >= 11 is 0. The Morgan fingerprint density at radius 3 is 2.80 bits per heavy atom. The largest absolute Gasteiger partial charge is 0.378 e. The predicted octanol–water partition coefficient (Wildman–Crippen LogP) is 0.819. The number of nitrogens with one attached hydrogen (secondary N) is 3. The van der Waals surface area contributed by atoms with E-state index in [1.165, 1.54) is 5.56 Å². The molecule has 4 rings (SSSR count). The molecule has 0 unspecified atom stereocenters. The molecule has 0 amide bonds. The van der Waals surface area contributed by atoms with E-state index in [9.17, 15) is 0 Å². The Balaban J connectivity index is 1.53. The average Bonchev–Trinajstić information content (AvgIpc) is 3.23. The van der Waals surface area contributed by atoms with E-state index in [1.807, 2.05) is 13.8 Å². The summed E-state index contributed by atoms with van der Waals surface area (Å²) in [6.45, 7) is 8.41. The van der Waals surface area contributed by atoms with Crippen LogP contribution < -0.4 is 10.2 Å². The molecule has 0 radical (unpaired) electrons. The van der Waals surface area contributed by atoms with E-state index in [0.29, 0.717) is 25.4 Å². The van der Waals surface area contributed by atoms with Gasteiger partial charge >= 0.3 is 0 Å². The zero-order chi connectivity index (χ0) is 17.2. The van der Waals surface area contributed by atoms with Crippen molar-refractivity contribution >= 4 is 17.0 Å². The Labute approximate surface area is 145 Å². The summed E-state index contributed by atoms with van der Waals surface area (Å²) in [6.07, 6.45) is 1.67. The fourth-order valence-electron chi connectivity index (χ4n) is 3.08. The molecule has 0 aliphatic carbocycles. The van der Waals surface area contributed by atoms with Gasteiger partial charge in [0.15, 0.2) is 11.5 Å². The number of aromatic nitrogens is 6. The fraction of sp³-hybridized carbons (Fsp3) is 0.500. The van der Waals surface area contributed by atoms with E-state index in [4.69, 9.17) is 9.72 Å². The number of H-pyrrole nitrogens is 2. The Hall–Kier alpha value is -2.52. The predicted molar refractivity (Wildman–Crippen MR) is 93.3 cm³/mol. The number of ether oxygens (including phenoxy) is 1. The van der Waals surface area contributed by atoms with E-state index in [-0.39, 0.29) is 0 Å². The molecule has 3 aromatic rings. The highest BCUT2D eigenvalue weighted by atomic mass is 16.5. The maximum absolute atomic E-state index is 5.44. The van der Waals surface area contributed by atoms with Crippen LogP contribution in [0.4, 0.5) is 5.82 Å². The standard InChI is InChI=1S/C16H22N8O/c1-10-12(11(2)23-22-10)7-17-8-13-20-15-14(18-9-19-15)16(21-13)24-3-5-25-6-4-24/h9,17H,3-8H2,1-2H3,(H,22,23)(H,18,19,20,21). The number of hydrogen-bond donors (Lipinski definition) is 3. The highest BCUT2D eigenvalue weighted by Crippen LogP contribution is 2.22. The van der Waals surface area contributed by atoms with E-state index in [1.54, 1.807) is 6.33 Å². The number of imidazole rings is 1. The van der Waals surface area contributed by atoms with Crippen molar-refractivity contribution in [1.82, 2.24) is 35.5 Å². The van der Waals surface area contributed by atoms with Gasteiger partial charge in [0.2, 0.25) is 0 Å². The third-order valence-electron chi connectivity index (χ3n) is 4.49. The molecule has 9 heteroatoms. The van der Waals surface area contributed by atoms with Gasteiger partial charge < -0.3 is 19.9 Å². The number of morpholine rings is 1. The van der Waals surface area contributed by atoms with Crippen LogP contribution in [0.15, 0.2) is 6.33 Å². The van der Waals surface area contributed by atoms with E-state index in [2.05, 4.69) is 35.4 Å². The summed E-state index contributed by atoms with van der Waals surface area (Å²) in [5, 5.41) is 10.6. The van der Waals surface area contributed by atoms with E-state index >= 15 is 0 Å². The first kappa shape index (κ1) is 16.0. The lowest BCUT2D eigenvalue weighted by molar-refractivity contribution is 0.122. The number of aryl methyl sites for hydroxylation is 2. The molecule has 1 aliphatic rings. The van der Waals surface area contributed by atoms with Crippen LogP contribution in [-0.4, -0.2) is 56.4 Å². The lowest BCUT2D eigenvalue weighted by Gasteiger charge is -2.28. The highest BCUT2D eigenvalue weighted by Gasteiger charge is 2.18. The quantitative estimate of drug-likeness (QED) is 0.630. The fourth-order valence-corrected chi connectivity index (χ4v) is 3.08. The van der Waals surface area contributed by atoms with Crippen molar-refractivity contribution in [2.75, 3.05) is 31.2 Å². The molecule has 1 fully saturated rings. The first-order valence-corrected chi connectivity index (χ1v) is 8.46. The third kappa shape index (κ3) is 3.20. The summed E-state index contributed by atoms with van der Waals surface area (Å²) in [5.41, 5.74) is 4.87.